The Labute approximate surface area is 183 Å². The Bertz CT molecular complexity index is 993. The summed E-state index contributed by atoms with van der Waals surface area (Å²) in [7, 11) is 1.97. The highest BCUT2D eigenvalue weighted by atomic mass is 16.5. The van der Waals surface area contributed by atoms with Crippen molar-refractivity contribution < 1.29 is 9.32 Å². The minimum atomic E-state index is -0.439. The van der Waals surface area contributed by atoms with E-state index in [1.807, 2.05) is 23.3 Å². The number of carbonyl (C=O) groups is 1. The van der Waals surface area contributed by atoms with E-state index in [-0.39, 0.29) is 23.2 Å². The minimum absolute atomic E-state index is 0.0240. The van der Waals surface area contributed by atoms with E-state index in [0.717, 1.165) is 62.6 Å². The standard InChI is InChI=1S/C24H34N4O3/c1-4-17-10-12-18(13-11-17)22(25-23(29)20-14-15-31-26-20)21-16(2)27(3)28(24(21)30)19-8-6-5-7-9-19/h12,14-15,17,19,22H,4-11,13H2,1-3H3,(H,25,29). The summed E-state index contributed by atoms with van der Waals surface area (Å²) < 4.78 is 8.78. The van der Waals surface area contributed by atoms with Crippen molar-refractivity contribution in [2.24, 2.45) is 13.0 Å². The molecule has 1 saturated carbocycles. The van der Waals surface area contributed by atoms with Crippen LogP contribution in [0, 0.1) is 12.8 Å². The number of carbonyl (C=O) groups excluding carboxylic acids is 1. The van der Waals surface area contributed by atoms with Gasteiger partial charge in [-0.2, -0.15) is 0 Å². The number of rotatable bonds is 6. The monoisotopic (exact) mass is 426 g/mol. The van der Waals surface area contributed by atoms with Crippen LogP contribution in [0.3, 0.4) is 0 Å². The van der Waals surface area contributed by atoms with E-state index in [9.17, 15) is 9.59 Å². The second-order valence-corrected chi connectivity index (χ2v) is 9.08. The maximum Gasteiger partial charge on any atom is 0.274 e. The number of aromatic nitrogens is 3. The van der Waals surface area contributed by atoms with Gasteiger partial charge in [0.15, 0.2) is 5.69 Å². The van der Waals surface area contributed by atoms with Crippen molar-refractivity contribution >= 4 is 5.91 Å². The zero-order chi connectivity index (χ0) is 22.0. The van der Waals surface area contributed by atoms with Crippen LogP contribution in [0.25, 0.3) is 0 Å². The molecule has 1 N–H and O–H groups in total. The van der Waals surface area contributed by atoms with Gasteiger partial charge in [-0.05, 0) is 50.5 Å². The molecule has 0 bridgehead atoms. The summed E-state index contributed by atoms with van der Waals surface area (Å²) in [6.45, 7) is 4.21. The second kappa shape index (κ2) is 9.28. The normalized spacial score (nSPS) is 21.0. The fourth-order valence-corrected chi connectivity index (χ4v) is 5.25. The van der Waals surface area contributed by atoms with Crippen LogP contribution in [0.15, 0.2) is 33.3 Å². The average molecular weight is 427 g/mol. The molecular formula is C24H34N4O3. The molecule has 0 aromatic carbocycles. The molecule has 2 unspecified atom stereocenters. The Hall–Kier alpha value is -2.57. The summed E-state index contributed by atoms with van der Waals surface area (Å²) in [4.78, 5) is 26.6. The van der Waals surface area contributed by atoms with Crippen molar-refractivity contribution in [2.45, 2.75) is 83.7 Å². The summed E-state index contributed by atoms with van der Waals surface area (Å²) in [5.41, 5.74) is 2.98. The number of hydrogen-bond donors (Lipinski definition) is 1. The van der Waals surface area contributed by atoms with Crippen molar-refractivity contribution in [2.75, 3.05) is 0 Å². The lowest BCUT2D eigenvalue weighted by molar-refractivity contribution is 0.0932. The van der Waals surface area contributed by atoms with E-state index in [4.69, 9.17) is 4.52 Å². The van der Waals surface area contributed by atoms with Gasteiger partial charge in [-0.1, -0.05) is 43.8 Å². The molecule has 4 rings (SSSR count). The van der Waals surface area contributed by atoms with Gasteiger partial charge < -0.3 is 9.84 Å². The summed E-state index contributed by atoms with van der Waals surface area (Å²) in [6, 6.07) is 1.34. The second-order valence-electron chi connectivity index (χ2n) is 9.08. The molecule has 168 valence electrons. The van der Waals surface area contributed by atoms with Gasteiger partial charge in [0.25, 0.3) is 11.5 Å². The first-order chi connectivity index (χ1) is 15.0. The summed E-state index contributed by atoms with van der Waals surface area (Å²) in [5, 5.41) is 6.89. The molecule has 1 amide bonds. The quantitative estimate of drug-likeness (QED) is 0.685. The van der Waals surface area contributed by atoms with Crippen LogP contribution in [0.4, 0.5) is 0 Å². The first-order valence-corrected chi connectivity index (χ1v) is 11.7. The topological polar surface area (TPSA) is 82.1 Å². The zero-order valence-corrected chi connectivity index (χ0v) is 18.9. The van der Waals surface area contributed by atoms with Crippen molar-refractivity contribution in [3.63, 3.8) is 0 Å². The summed E-state index contributed by atoms with van der Waals surface area (Å²) >= 11 is 0. The smallest absolute Gasteiger partial charge is 0.274 e. The van der Waals surface area contributed by atoms with Gasteiger partial charge in [-0.25, -0.2) is 4.68 Å². The van der Waals surface area contributed by atoms with Crippen LogP contribution >= 0.6 is 0 Å². The highest BCUT2D eigenvalue weighted by molar-refractivity contribution is 5.92. The van der Waals surface area contributed by atoms with Crippen molar-refractivity contribution in [3.8, 4) is 0 Å². The number of nitrogens with one attached hydrogen (secondary N) is 1. The zero-order valence-electron chi connectivity index (χ0n) is 18.9. The van der Waals surface area contributed by atoms with E-state index in [0.29, 0.717) is 11.5 Å². The highest BCUT2D eigenvalue weighted by Crippen LogP contribution is 2.35. The molecule has 7 nitrogen and oxygen atoms in total. The number of allylic oxidation sites excluding steroid dienone is 1. The molecule has 0 radical (unpaired) electrons. The van der Waals surface area contributed by atoms with Crippen LogP contribution in [-0.2, 0) is 7.05 Å². The third-order valence-electron chi connectivity index (χ3n) is 7.29. The SMILES string of the molecule is CCC1CC=C(C(NC(=O)c2ccon2)c2c(C)n(C)n(C3CCCCC3)c2=O)CC1. The van der Waals surface area contributed by atoms with Gasteiger partial charge in [0.1, 0.15) is 6.26 Å². The van der Waals surface area contributed by atoms with E-state index >= 15 is 0 Å². The molecule has 1 fully saturated rings. The fourth-order valence-electron chi connectivity index (χ4n) is 5.25. The molecule has 7 heteroatoms. The van der Waals surface area contributed by atoms with E-state index in [1.165, 1.54) is 12.7 Å². The molecule has 0 aliphatic heterocycles. The van der Waals surface area contributed by atoms with Crippen LogP contribution in [0.1, 0.15) is 98.5 Å². The molecule has 2 aromatic rings. The van der Waals surface area contributed by atoms with E-state index < -0.39 is 6.04 Å². The van der Waals surface area contributed by atoms with Gasteiger partial charge >= 0.3 is 0 Å². The van der Waals surface area contributed by atoms with Crippen LogP contribution in [0.2, 0.25) is 0 Å². The molecule has 0 spiro atoms. The summed E-state index contributed by atoms with van der Waals surface area (Å²) in [6.07, 6.45) is 13.4. The van der Waals surface area contributed by atoms with Gasteiger partial charge in [0.2, 0.25) is 0 Å². The number of amides is 1. The first-order valence-electron chi connectivity index (χ1n) is 11.7. The Morgan fingerprint density at radius 2 is 2.06 bits per heavy atom. The molecule has 2 atom stereocenters. The minimum Gasteiger partial charge on any atom is -0.364 e. The van der Waals surface area contributed by atoms with Crippen molar-refractivity contribution in [1.29, 1.82) is 0 Å². The maximum absolute atomic E-state index is 13.7. The lowest BCUT2D eigenvalue weighted by Gasteiger charge is -2.27. The van der Waals surface area contributed by atoms with E-state index in [2.05, 4.69) is 23.5 Å². The largest absolute Gasteiger partial charge is 0.364 e. The van der Waals surface area contributed by atoms with Crippen molar-refractivity contribution in [3.05, 3.63) is 51.3 Å². The Morgan fingerprint density at radius 3 is 2.68 bits per heavy atom. The lowest BCUT2D eigenvalue weighted by Crippen LogP contribution is -2.35. The average Bonchev–Trinajstić information content (AvgIpc) is 3.41. The molecule has 2 aliphatic rings. The predicted octanol–water partition coefficient (Wildman–Crippen LogP) is 4.60. The van der Waals surface area contributed by atoms with Crippen LogP contribution in [0.5, 0.6) is 0 Å². The Morgan fingerprint density at radius 1 is 1.29 bits per heavy atom. The fraction of sp³-hybridized carbons (Fsp3) is 0.625. The molecule has 2 aromatic heterocycles. The van der Waals surface area contributed by atoms with Crippen LogP contribution < -0.4 is 10.9 Å². The van der Waals surface area contributed by atoms with Gasteiger partial charge in [0.05, 0.1) is 17.6 Å². The molecular weight excluding hydrogens is 392 g/mol. The third kappa shape index (κ3) is 4.27. The summed E-state index contributed by atoms with van der Waals surface area (Å²) in [5.74, 6) is 0.357. The van der Waals surface area contributed by atoms with Crippen LogP contribution in [-0.4, -0.2) is 20.4 Å². The van der Waals surface area contributed by atoms with Gasteiger partial charge in [-0.15, -0.1) is 0 Å². The molecule has 2 heterocycles. The lowest BCUT2D eigenvalue weighted by atomic mass is 9.83. The number of hydrogen-bond acceptors (Lipinski definition) is 4. The van der Waals surface area contributed by atoms with E-state index in [1.54, 1.807) is 6.07 Å². The van der Waals surface area contributed by atoms with Crippen molar-refractivity contribution in [1.82, 2.24) is 19.8 Å². The third-order valence-corrected chi connectivity index (χ3v) is 7.29. The predicted molar refractivity (Wildman–Crippen MR) is 119 cm³/mol. The maximum atomic E-state index is 13.7. The molecule has 2 aliphatic carbocycles. The Balaban J connectivity index is 1.73. The van der Waals surface area contributed by atoms with Gasteiger partial charge in [-0.3, -0.25) is 14.3 Å². The first kappa shape index (κ1) is 21.7. The molecule has 0 saturated heterocycles. The number of nitrogens with zero attached hydrogens (tertiary/aromatic N) is 3. The Kier molecular flexibility index (Phi) is 6.49. The highest BCUT2D eigenvalue weighted by Gasteiger charge is 2.32. The van der Waals surface area contributed by atoms with Gasteiger partial charge in [0, 0.05) is 18.8 Å². The molecule has 31 heavy (non-hydrogen) atoms.